The fraction of sp³-hybridized carbons (Fsp3) is 0.556. The molecule has 1 aromatic heterocycles. The van der Waals surface area contributed by atoms with Crippen molar-refractivity contribution < 1.29 is 4.92 Å². The molecule has 1 unspecified atom stereocenters. The van der Waals surface area contributed by atoms with E-state index >= 15 is 0 Å². The molecule has 6 heteroatoms. The molecule has 0 fully saturated rings. The third-order valence-corrected chi connectivity index (χ3v) is 2.19. The molecule has 0 aliphatic heterocycles. The Kier molecular flexibility index (Phi) is 3.04. The standard InChI is InChI=1S/C9H12N4O2/c1-6(4-10)5-12-8(3)9(13(14)15)7(2)11-12/h6H,5H2,1-3H3. The summed E-state index contributed by atoms with van der Waals surface area (Å²) in [5.74, 6) is -0.206. The van der Waals surface area contributed by atoms with E-state index < -0.39 is 4.92 Å². The zero-order valence-corrected chi connectivity index (χ0v) is 8.89. The Hall–Kier alpha value is -1.90. The van der Waals surface area contributed by atoms with Crippen LogP contribution in [0.15, 0.2) is 0 Å². The number of nitro groups is 1. The summed E-state index contributed by atoms with van der Waals surface area (Å²) in [6, 6.07) is 2.07. The molecule has 6 nitrogen and oxygen atoms in total. The first-order chi connectivity index (χ1) is 6.97. The van der Waals surface area contributed by atoms with Crippen LogP contribution >= 0.6 is 0 Å². The average Bonchev–Trinajstić information content (AvgIpc) is 2.41. The minimum absolute atomic E-state index is 0.0418. The monoisotopic (exact) mass is 208 g/mol. The first kappa shape index (κ1) is 11.2. The van der Waals surface area contributed by atoms with Gasteiger partial charge in [-0.25, -0.2) is 0 Å². The van der Waals surface area contributed by atoms with Crippen LogP contribution in [0, 0.1) is 41.2 Å². The lowest BCUT2D eigenvalue weighted by Gasteiger charge is -2.03. The minimum atomic E-state index is -0.439. The molecule has 0 saturated carbocycles. The van der Waals surface area contributed by atoms with Gasteiger partial charge in [0.25, 0.3) is 0 Å². The van der Waals surface area contributed by atoms with Crippen molar-refractivity contribution in [2.24, 2.45) is 5.92 Å². The molecule has 0 saturated heterocycles. The van der Waals surface area contributed by atoms with Crippen molar-refractivity contribution in [1.82, 2.24) is 9.78 Å². The number of aromatic nitrogens is 2. The Morgan fingerprint density at radius 2 is 2.27 bits per heavy atom. The van der Waals surface area contributed by atoms with Crippen LogP contribution in [-0.4, -0.2) is 14.7 Å². The summed E-state index contributed by atoms with van der Waals surface area (Å²) in [5.41, 5.74) is 0.933. The third-order valence-electron chi connectivity index (χ3n) is 2.19. The van der Waals surface area contributed by atoms with E-state index in [1.54, 1.807) is 20.8 Å². The van der Waals surface area contributed by atoms with Gasteiger partial charge in [0.05, 0.1) is 23.5 Å². The van der Waals surface area contributed by atoms with Crippen LogP contribution in [0.3, 0.4) is 0 Å². The van der Waals surface area contributed by atoms with Crippen molar-refractivity contribution in [3.8, 4) is 6.07 Å². The normalized spacial score (nSPS) is 12.1. The molecule has 15 heavy (non-hydrogen) atoms. The summed E-state index contributed by atoms with van der Waals surface area (Å²) in [7, 11) is 0. The number of nitrogens with zero attached hydrogens (tertiary/aromatic N) is 4. The Morgan fingerprint density at radius 1 is 1.67 bits per heavy atom. The summed E-state index contributed by atoms with van der Waals surface area (Å²) in [5, 5.41) is 23.4. The number of aryl methyl sites for hydroxylation is 1. The average molecular weight is 208 g/mol. The van der Waals surface area contributed by atoms with E-state index in [2.05, 4.69) is 11.2 Å². The number of rotatable bonds is 3. The first-order valence-corrected chi connectivity index (χ1v) is 4.55. The van der Waals surface area contributed by atoms with E-state index in [9.17, 15) is 10.1 Å². The van der Waals surface area contributed by atoms with Gasteiger partial charge in [-0.15, -0.1) is 0 Å². The highest BCUT2D eigenvalue weighted by atomic mass is 16.6. The molecule has 0 bridgehead atoms. The minimum Gasteiger partial charge on any atom is -0.261 e. The Morgan fingerprint density at radius 3 is 2.67 bits per heavy atom. The van der Waals surface area contributed by atoms with Crippen molar-refractivity contribution in [2.45, 2.75) is 27.3 Å². The Bertz CT molecular complexity index is 430. The Labute approximate surface area is 87.3 Å². The van der Waals surface area contributed by atoms with Gasteiger partial charge in [0.1, 0.15) is 11.4 Å². The number of hydrogen-bond acceptors (Lipinski definition) is 4. The van der Waals surface area contributed by atoms with Crippen LogP contribution in [0.25, 0.3) is 0 Å². The van der Waals surface area contributed by atoms with E-state index in [4.69, 9.17) is 5.26 Å². The van der Waals surface area contributed by atoms with E-state index in [0.717, 1.165) is 0 Å². The smallest absolute Gasteiger partial charge is 0.261 e. The van der Waals surface area contributed by atoms with Crippen LogP contribution in [-0.2, 0) is 6.54 Å². The molecule has 0 aromatic carbocycles. The van der Waals surface area contributed by atoms with Crippen LogP contribution in [0.1, 0.15) is 18.3 Å². The predicted octanol–water partition coefficient (Wildman–Crippen LogP) is 1.57. The Balaban J connectivity index is 3.08. The second kappa shape index (κ2) is 4.09. The highest BCUT2D eigenvalue weighted by Gasteiger charge is 2.22. The quantitative estimate of drug-likeness (QED) is 0.557. The van der Waals surface area contributed by atoms with Gasteiger partial charge in [-0.1, -0.05) is 0 Å². The summed E-state index contributed by atoms with van der Waals surface area (Å²) >= 11 is 0. The van der Waals surface area contributed by atoms with Gasteiger partial charge in [-0.3, -0.25) is 14.8 Å². The van der Waals surface area contributed by atoms with Crippen LogP contribution < -0.4 is 0 Å². The summed E-state index contributed by atoms with van der Waals surface area (Å²) in [6.07, 6.45) is 0. The van der Waals surface area contributed by atoms with E-state index in [0.29, 0.717) is 17.9 Å². The van der Waals surface area contributed by atoms with Crippen LogP contribution in [0.5, 0.6) is 0 Å². The van der Waals surface area contributed by atoms with Crippen molar-refractivity contribution in [2.75, 3.05) is 0 Å². The molecule has 0 aliphatic carbocycles. The van der Waals surface area contributed by atoms with Crippen molar-refractivity contribution >= 4 is 5.69 Å². The number of hydrogen-bond donors (Lipinski definition) is 0. The molecule has 0 N–H and O–H groups in total. The number of nitriles is 1. The molecular weight excluding hydrogens is 196 g/mol. The molecule has 1 rings (SSSR count). The van der Waals surface area contributed by atoms with Crippen molar-refractivity contribution in [3.63, 3.8) is 0 Å². The fourth-order valence-electron chi connectivity index (χ4n) is 1.43. The molecule has 0 spiro atoms. The van der Waals surface area contributed by atoms with Gasteiger partial charge in [-0.05, 0) is 20.8 Å². The maximum atomic E-state index is 10.7. The second-order valence-electron chi connectivity index (χ2n) is 3.49. The van der Waals surface area contributed by atoms with Crippen molar-refractivity contribution in [1.29, 1.82) is 5.26 Å². The predicted molar refractivity (Wildman–Crippen MR) is 53.1 cm³/mol. The van der Waals surface area contributed by atoms with Gasteiger partial charge in [0, 0.05) is 0 Å². The van der Waals surface area contributed by atoms with Gasteiger partial charge < -0.3 is 0 Å². The maximum Gasteiger partial charge on any atom is 0.312 e. The lowest BCUT2D eigenvalue weighted by Crippen LogP contribution is -2.09. The molecule has 80 valence electrons. The van der Waals surface area contributed by atoms with E-state index in [-0.39, 0.29) is 11.6 Å². The SMILES string of the molecule is Cc1nn(CC(C)C#N)c(C)c1[N+](=O)[O-]. The summed E-state index contributed by atoms with van der Waals surface area (Å²) in [6.45, 7) is 5.38. The zero-order valence-electron chi connectivity index (χ0n) is 8.89. The van der Waals surface area contributed by atoms with E-state index in [1.807, 2.05) is 0 Å². The van der Waals surface area contributed by atoms with Gasteiger partial charge in [0.2, 0.25) is 0 Å². The molecule has 0 amide bonds. The molecular formula is C9H12N4O2. The summed E-state index contributed by atoms with van der Waals surface area (Å²) in [4.78, 5) is 10.3. The first-order valence-electron chi connectivity index (χ1n) is 4.55. The highest BCUT2D eigenvalue weighted by molar-refractivity contribution is 5.39. The maximum absolute atomic E-state index is 10.7. The van der Waals surface area contributed by atoms with Crippen LogP contribution in [0.4, 0.5) is 5.69 Å². The second-order valence-corrected chi connectivity index (χ2v) is 3.49. The lowest BCUT2D eigenvalue weighted by molar-refractivity contribution is -0.386. The molecule has 1 aromatic rings. The van der Waals surface area contributed by atoms with E-state index in [1.165, 1.54) is 4.68 Å². The fourth-order valence-corrected chi connectivity index (χ4v) is 1.43. The molecule has 1 heterocycles. The highest BCUT2D eigenvalue weighted by Crippen LogP contribution is 2.22. The van der Waals surface area contributed by atoms with Gasteiger partial charge in [0.15, 0.2) is 0 Å². The largest absolute Gasteiger partial charge is 0.312 e. The zero-order chi connectivity index (χ0) is 11.6. The third kappa shape index (κ3) is 2.13. The lowest BCUT2D eigenvalue weighted by atomic mass is 10.2. The summed E-state index contributed by atoms with van der Waals surface area (Å²) < 4.78 is 1.52. The molecule has 1 atom stereocenters. The van der Waals surface area contributed by atoms with Gasteiger partial charge >= 0.3 is 5.69 Å². The van der Waals surface area contributed by atoms with Crippen molar-refractivity contribution in [3.05, 3.63) is 21.5 Å². The van der Waals surface area contributed by atoms with Gasteiger partial charge in [-0.2, -0.15) is 10.4 Å². The molecule has 0 radical (unpaired) electrons. The topological polar surface area (TPSA) is 84.8 Å². The molecule has 0 aliphatic rings. The van der Waals surface area contributed by atoms with Crippen LogP contribution in [0.2, 0.25) is 0 Å².